The summed E-state index contributed by atoms with van der Waals surface area (Å²) >= 11 is 0. The summed E-state index contributed by atoms with van der Waals surface area (Å²) in [6.45, 7) is 0. The Morgan fingerprint density at radius 1 is 1.12 bits per heavy atom. The molecule has 0 saturated heterocycles. The van der Waals surface area contributed by atoms with E-state index in [4.69, 9.17) is 5.73 Å². The highest BCUT2D eigenvalue weighted by molar-refractivity contribution is 6.08. The Morgan fingerprint density at radius 2 is 1.75 bits per heavy atom. The maximum atomic E-state index is 12.0. The molecule has 0 amide bonds. The molecule has 1 aliphatic rings. The number of carboxylic acids is 2. The molecule has 1 fully saturated rings. The molecule has 0 radical (unpaired) electrons. The number of carboxylic acid groups (broad SMARTS) is 2. The van der Waals surface area contributed by atoms with Crippen LogP contribution in [0.25, 0.3) is 11.1 Å². The largest absolute Gasteiger partial charge is 0.507 e. The number of aromatic carboxylic acids is 2. The van der Waals surface area contributed by atoms with Crippen molar-refractivity contribution in [3.05, 3.63) is 45.2 Å². The zero-order valence-electron chi connectivity index (χ0n) is 12.4. The molecule has 2 aromatic rings. The Bertz CT molecular complexity index is 927. The van der Waals surface area contributed by atoms with Gasteiger partial charge in [0.2, 0.25) is 0 Å². The number of nitrogens with two attached hydrogens (primary N) is 1. The zero-order valence-corrected chi connectivity index (χ0v) is 12.4. The maximum absolute atomic E-state index is 12.0. The smallest absolute Gasteiger partial charge is 0.342 e. The minimum absolute atomic E-state index is 0.0630. The number of hydrogen-bond donors (Lipinski definition) is 5. The van der Waals surface area contributed by atoms with E-state index in [-0.39, 0.29) is 11.3 Å². The minimum Gasteiger partial charge on any atom is -0.507 e. The van der Waals surface area contributed by atoms with E-state index in [1.807, 2.05) is 4.98 Å². The Morgan fingerprint density at radius 3 is 2.25 bits per heavy atom. The number of phenols is 1. The summed E-state index contributed by atoms with van der Waals surface area (Å²) in [6, 6.07) is 4.55. The first kappa shape index (κ1) is 15.6. The van der Waals surface area contributed by atoms with E-state index in [1.54, 1.807) is 6.07 Å². The number of nitrogens with one attached hydrogen (secondary N) is 1. The lowest BCUT2D eigenvalue weighted by Crippen LogP contribution is -2.24. The molecule has 1 aromatic carbocycles. The third-order valence-electron chi connectivity index (χ3n) is 4.01. The fourth-order valence-corrected chi connectivity index (χ4v) is 2.75. The van der Waals surface area contributed by atoms with Gasteiger partial charge in [0, 0.05) is 11.1 Å². The zero-order chi connectivity index (χ0) is 17.6. The summed E-state index contributed by atoms with van der Waals surface area (Å²) in [5, 5.41) is 29.0. The van der Waals surface area contributed by atoms with Crippen molar-refractivity contribution in [1.29, 1.82) is 0 Å². The molecule has 24 heavy (non-hydrogen) atoms. The average molecular weight is 330 g/mol. The number of anilines is 1. The number of benzene rings is 1. The second kappa shape index (κ2) is 5.41. The van der Waals surface area contributed by atoms with Crippen LogP contribution < -0.4 is 11.3 Å². The lowest BCUT2D eigenvalue weighted by Gasteiger charge is -2.14. The van der Waals surface area contributed by atoms with Gasteiger partial charge in [-0.05, 0) is 30.4 Å². The molecule has 124 valence electrons. The number of nitrogen functional groups attached to an aromatic ring is 1. The molecule has 6 N–H and O–H groups in total. The average Bonchev–Trinajstić information content (AvgIpc) is 3.29. The number of aromatic hydroxyl groups is 1. The molecule has 0 atom stereocenters. The second-order valence-corrected chi connectivity index (χ2v) is 5.65. The molecule has 3 rings (SSSR count). The predicted octanol–water partition coefficient (Wildman–Crippen LogP) is 1.60. The van der Waals surface area contributed by atoms with E-state index >= 15 is 0 Å². The number of hydrogen-bond acceptors (Lipinski definition) is 5. The molecule has 1 aliphatic carbocycles. The highest BCUT2D eigenvalue weighted by atomic mass is 16.4. The van der Waals surface area contributed by atoms with Crippen LogP contribution in [-0.4, -0.2) is 32.2 Å². The fraction of sp³-hybridized carbons (Fsp3) is 0.188. The van der Waals surface area contributed by atoms with E-state index < -0.39 is 40.0 Å². The molecule has 0 unspecified atom stereocenters. The molecular formula is C16H14N2O6. The predicted molar refractivity (Wildman–Crippen MR) is 84.5 cm³/mol. The highest BCUT2D eigenvalue weighted by Gasteiger charge is 2.29. The van der Waals surface area contributed by atoms with E-state index in [0.29, 0.717) is 5.92 Å². The van der Waals surface area contributed by atoms with Gasteiger partial charge >= 0.3 is 11.9 Å². The molecule has 1 aromatic heterocycles. The van der Waals surface area contributed by atoms with Crippen molar-refractivity contribution in [1.82, 2.24) is 4.98 Å². The van der Waals surface area contributed by atoms with Crippen LogP contribution in [0.3, 0.4) is 0 Å². The summed E-state index contributed by atoms with van der Waals surface area (Å²) in [5.74, 6) is -3.55. The molecule has 1 saturated carbocycles. The second-order valence-electron chi connectivity index (χ2n) is 5.65. The lowest BCUT2D eigenvalue weighted by molar-refractivity contribution is 0.0695. The van der Waals surface area contributed by atoms with Gasteiger partial charge in [0.25, 0.3) is 5.56 Å². The molecule has 0 aliphatic heterocycles. The molecule has 8 heteroatoms. The lowest BCUT2D eigenvalue weighted by atomic mass is 9.93. The number of phenolic OH excluding ortho intramolecular Hbond substituents is 1. The first-order chi connectivity index (χ1) is 11.3. The van der Waals surface area contributed by atoms with Crippen molar-refractivity contribution in [3.8, 4) is 16.9 Å². The number of carbonyl (C=O) groups is 2. The number of H-pyrrole nitrogens is 1. The molecule has 1 heterocycles. The van der Waals surface area contributed by atoms with Crippen molar-refractivity contribution in [2.75, 3.05) is 5.73 Å². The van der Waals surface area contributed by atoms with Gasteiger partial charge in [-0.3, -0.25) is 4.79 Å². The van der Waals surface area contributed by atoms with Crippen LogP contribution in [0.4, 0.5) is 5.82 Å². The Balaban J connectivity index is 2.35. The van der Waals surface area contributed by atoms with Gasteiger partial charge in [-0.2, -0.15) is 0 Å². The van der Waals surface area contributed by atoms with Crippen LogP contribution in [0.15, 0.2) is 23.0 Å². The Labute approximate surface area is 135 Å². The van der Waals surface area contributed by atoms with E-state index in [2.05, 4.69) is 0 Å². The first-order valence-electron chi connectivity index (χ1n) is 7.17. The fourth-order valence-electron chi connectivity index (χ4n) is 2.75. The third-order valence-corrected chi connectivity index (χ3v) is 4.01. The summed E-state index contributed by atoms with van der Waals surface area (Å²) in [4.78, 5) is 37.0. The summed E-state index contributed by atoms with van der Waals surface area (Å²) in [6.07, 6.45) is 2.00. The van der Waals surface area contributed by atoms with Gasteiger partial charge in [-0.15, -0.1) is 0 Å². The summed E-state index contributed by atoms with van der Waals surface area (Å²) < 4.78 is 0. The van der Waals surface area contributed by atoms with Crippen LogP contribution in [0.1, 0.15) is 45.0 Å². The first-order valence-corrected chi connectivity index (χ1v) is 7.17. The maximum Gasteiger partial charge on any atom is 0.342 e. The molecular weight excluding hydrogens is 316 g/mol. The van der Waals surface area contributed by atoms with Crippen LogP contribution >= 0.6 is 0 Å². The normalized spacial score (nSPS) is 13.7. The van der Waals surface area contributed by atoms with Crippen LogP contribution in [0.2, 0.25) is 0 Å². The molecule has 0 spiro atoms. The van der Waals surface area contributed by atoms with Crippen molar-refractivity contribution in [3.63, 3.8) is 0 Å². The Hall–Kier alpha value is -3.29. The van der Waals surface area contributed by atoms with Gasteiger partial charge in [0.05, 0.1) is 0 Å². The number of aromatic nitrogens is 1. The highest BCUT2D eigenvalue weighted by Crippen LogP contribution is 2.43. The minimum atomic E-state index is -1.61. The van der Waals surface area contributed by atoms with Crippen molar-refractivity contribution in [2.24, 2.45) is 0 Å². The van der Waals surface area contributed by atoms with Crippen molar-refractivity contribution in [2.45, 2.75) is 18.8 Å². The summed E-state index contributed by atoms with van der Waals surface area (Å²) in [7, 11) is 0. The van der Waals surface area contributed by atoms with E-state index in [9.17, 15) is 29.7 Å². The van der Waals surface area contributed by atoms with Crippen LogP contribution in [0.5, 0.6) is 5.75 Å². The van der Waals surface area contributed by atoms with Gasteiger partial charge in [0.1, 0.15) is 22.7 Å². The molecule has 0 bridgehead atoms. The van der Waals surface area contributed by atoms with E-state index in [1.165, 1.54) is 12.1 Å². The van der Waals surface area contributed by atoms with Gasteiger partial charge in [0.15, 0.2) is 0 Å². The standard InChI is InChI=1S/C16H14N2O6/c17-13-11(15(21)22)10(12(16(23)24)14(20)18-13)8-4-3-7(5-9(8)19)6-1-2-6/h3-6,19H,1-2H2,(H,21,22)(H,23,24)(H3,17,18,20). The van der Waals surface area contributed by atoms with Gasteiger partial charge < -0.3 is 26.0 Å². The van der Waals surface area contributed by atoms with Crippen LogP contribution in [0, 0.1) is 0 Å². The molecule has 8 nitrogen and oxygen atoms in total. The monoisotopic (exact) mass is 330 g/mol. The topological polar surface area (TPSA) is 154 Å². The third kappa shape index (κ3) is 2.47. The number of aromatic amines is 1. The van der Waals surface area contributed by atoms with Crippen molar-refractivity contribution >= 4 is 17.8 Å². The van der Waals surface area contributed by atoms with E-state index in [0.717, 1.165) is 18.4 Å². The Kier molecular flexibility index (Phi) is 3.52. The SMILES string of the molecule is Nc1[nH]c(=O)c(C(=O)O)c(-c2ccc(C3CC3)cc2O)c1C(=O)O. The van der Waals surface area contributed by atoms with Gasteiger partial charge in [-0.1, -0.05) is 12.1 Å². The quantitative estimate of drug-likeness (QED) is 0.570. The number of pyridine rings is 1. The number of rotatable bonds is 4. The van der Waals surface area contributed by atoms with Crippen molar-refractivity contribution < 1.29 is 24.9 Å². The van der Waals surface area contributed by atoms with Gasteiger partial charge in [-0.25, -0.2) is 9.59 Å². The summed E-state index contributed by atoms with van der Waals surface area (Å²) in [5.41, 5.74) is 3.58. The van der Waals surface area contributed by atoms with Crippen LogP contribution in [-0.2, 0) is 0 Å².